The number of likely N-dealkylation sites (N-methyl/N-ethyl adjacent to an activating group) is 1. The molecule has 0 radical (unpaired) electrons. The van der Waals surface area contributed by atoms with Crippen LogP contribution >= 0.6 is 0 Å². The minimum Gasteiger partial charge on any atom is -0.378 e. The van der Waals surface area contributed by atoms with E-state index in [2.05, 4.69) is 29.5 Å². The number of hydrogen-bond acceptors (Lipinski definition) is 3. The quantitative estimate of drug-likeness (QED) is 0.457. The van der Waals surface area contributed by atoms with Gasteiger partial charge < -0.3 is 20.3 Å². The molecule has 148 valence electrons. The van der Waals surface area contributed by atoms with Crippen LogP contribution in [0, 0.1) is 5.92 Å². The molecule has 0 spiro atoms. The summed E-state index contributed by atoms with van der Waals surface area (Å²) in [6.07, 6.45) is -3.54. The maximum absolute atomic E-state index is 12.3. The lowest BCUT2D eigenvalue weighted by Gasteiger charge is -2.21. The lowest BCUT2D eigenvalue weighted by atomic mass is 10.0. The molecular weight excluding hydrogens is 337 g/mol. The van der Waals surface area contributed by atoms with Crippen molar-refractivity contribution in [2.24, 2.45) is 10.9 Å². The molecule has 0 aliphatic rings. The van der Waals surface area contributed by atoms with Gasteiger partial charge in [0.2, 0.25) is 5.91 Å². The number of hydrogen-bond donors (Lipinski definition) is 2. The molecule has 0 aromatic rings. The number of aliphatic imine (C=N–C) groups is 1. The summed E-state index contributed by atoms with van der Waals surface area (Å²) in [6.45, 7) is 8.14. The molecule has 0 heterocycles. The van der Waals surface area contributed by atoms with E-state index >= 15 is 0 Å². The summed E-state index contributed by atoms with van der Waals surface area (Å²) >= 11 is 0. The zero-order valence-corrected chi connectivity index (χ0v) is 15.7. The molecule has 1 amide bonds. The van der Waals surface area contributed by atoms with Crippen LogP contribution in [0.25, 0.3) is 0 Å². The summed E-state index contributed by atoms with van der Waals surface area (Å²) in [6, 6.07) is 0. The van der Waals surface area contributed by atoms with Crippen molar-refractivity contribution >= 4 is 11.9 Å². The Bertz CT molecular complexity index is 415. The predicted molar refractivity (Wildman–Crippen MR) is 92.5 cm³/mol. The Balaban J connectivity index is 4.52. The number of carbonyl (C=O) groups is 1. The van der Waals surface area contributed by atoms with Crippen LogP contribution in [0.3, 0.4) is 0 Å². The number of alkyl halides is 3. The molecule has 1 unspecified atom stereocenters. The summed E-state index contributed by atoms with van der Waals surface area (Å²) in [5, 5.41) is 6.04. The van der Waals surface area contributed by atoms with Crippen LogP contribution in [0.2, 0.25) is 0 Å². The average Bonchev–Trinajstić information content (AvgIpc) is 2.49. The molecule has 0 aliphatic heterocycles. The van der Waals surface area contributed by atoms with Crippen molar-refractivity contribution in [2.45, 2.75) is 46.4 Å². The molecule has 6 nitrogen and oxygen atoms in total. The molecule has 25 heavy (non-hydrogen) atoms. The van der Waals surface area contributed by atoms with Gasteiger partial charge in [-0.2, -0.15) is 13.2 Å². The first-order valence-electron chi connectivity index (χ1n) is 8.55. The highest BCUT2D eigenvalue weighted by molar-refractivity contribution is 5.84. The van der Waals surface area contributed by atoms with Gasteiger partial charge in [-0.25, -0.2) is 4.99 Å². The van der Waals surface area contributed by atoms with Gasteiger partial charge in [0.15, 0.2) is 5.96 Å². The maximum atomic E-state index is 12.3. The van der Waals surface area contributed by atoms with E-state index < -0.39 is 18.6 Å². The number of nitrogens with zero attached hydrogens (tertiary/aromatic N) is 2. The zero-order chi connectivity index (χ0) is 19.5. The van der Waals surface area contributed by atoms with E-state index in [-0.39, 0.29) is 12.6 Å². The number of guanidine groups is 1. The molecule has 0 aliphatic carbocycles. The Kier molecular flexibility index (Phi) is 11.2. The first-order valence-corrected chi connectivity index (χ1v) is 8.55. The highest BCUT2D eigenvalue weighted by Gasteiger charge is 2.31. The van der Waals surface area contributed by atoms with E-state index in [9.17, 15) is 18.0 Å². The van der Waals surface area contributed by atoms with Gasteiger partial charge in [-0.1, -0.05) is 13.8 Å². The standard InChI is InChI=1S/C16H31F3N4O2/c1-6-20-15(21-9-8-13(12(3)4)25-7-2)22-10-14(24)23(5)11-16(17,18)19/h12-13H,6-11H2,1-5H3,(H2,20,21,22). The molecule has 2 N–H and O–H groups in total. The molecule has 0 fully saturated rings. The zero-order valence-electron chi connectivity index (χ0n) is 15.7. The number of ether oxygens (including phenoxy) is 1. The Labute approximate surface area is 148 Å². The van der Waals surface area contributed by atoms with Gasteiger partial charge in [-0.05, 0) is 26.2 Å². The first kappa shape index (κ1) is 23.5. The van der Waals surface area contributed by atoms with E-state index in [1.807, 2.05) is 13.8 Å². The number of amides is 1. The second-order valence-electron chi connectivity index (χ2n) is 6.01. The maximum Gasteiger partial charge on any atom is 0.406 e. The van der Waals surface area contributed by atoms with Gasteiger partial charge in [0, 0.05) is 26.7 Å². The van der Waals surface area contributed by atoms with Crippen molar-refractivity contribution in [3.63, 3.8) is 0 Å². The largest absolute Gasteiger partial charge is 0.406 e. The number of rotatable bonds is 10. The van der Waals surface area contributed by atoms with E-state index in [0.717, 1.165) is 13.5 Å². The highest BCUT2D eigenvalue weighted by Crippen LogP contribution is 2.15. The summed E-state index contributed by atoms with van der Waals surface area (Å²) < 4.78 is 42.5. The molecule has 0 aromatic heterocycles. The lowest BCUT2D eigenvalue weighted by molar-refractivity contribution is -0.157. The van der Waals surface area contributed by atoms with Crippen molar-refractivity contribution in [1.29, 1.82) is 0 Å². The molecule has 0 bridgehead atoms. The Hall–Kier alpha value is -1.51. The van der Waals surface area contributed by atoms with E-state index in [4.69, 9.17) is 4.74 Å². The summed E-state index contributed by atoms with van der Waals surface area (Å²) in [5.41, 5.74) is 0. The van der Waals surface area contributed by atoms with E-state index in [1.165, 1.54) is 0 Å². The number of halogens is 3. The van der Waals surface area contributed by atoms with Crippen LogP contribution in [-0.2, 0) is 9.53 Å². The minimum atomic E-state index is -4.41. The normalized spacial score (nSPS) is 13.7. The number of carbonyl (C=O) groups excluding carboxylic acids is 1. The van der Waals surface area contributed by atoms with Gasteiger partial charge in [-0.15, -0.1) is 0 Å². The van der Waals surface area contributed by atoms with Gasteiger partial charge in [0.1, 0.15) is 13.1 Å². The van der Waals surface area contributed by atoms with Crippen molar-refractivity contribution < 1.29 is 22.7 Å². The molecule has 9 heteroatoms. The first-order chi connectivity index (χ1) is 11.6. The topological polar surface area (TPSA) is 66.0 Å². The van der Waals surface area contributed by atoms with Crippen molar-refractivity contribution in [2.75, 3.05) is 39.8 Å². The SMILES string of the molecule is CCNC(=NCC(=O)N(C)CC(F)(F)F)NCCC(OCC)C(C)C. The third kappa shape index (κ3) is 11.6. The van der Waals surface area contributed by atoms with E-state index in [1.54, 1.807) is 0 Å². The van der Waals surface area contributed by atoms with Crippen LogP contribution < -0.4 is 10.6 Å². The van der Waals surface area contributed by atoms with Crippen molar-refractivity contribution in [1.82, 2.24) is 15.5 Å². The molecule has 0 saturated carbocycles. The van der Waals surface area contributed by atoms with Gasteiger partial charge in [-0.3, -0.25) is 4.79 Å². The summed E-state index contributed by atoms with van der Waals surface area (Å²) in [5.74, 6) is 0.0815. The fraction of sp³-hybridized carbons (Fsp3) is 0.875. The minimum absolute atomic E-state index is 0.111. The average molecular weight is 368 g/mol. The second-order valence-corrected chi connectivity index (χ2v) is 6.01. The highest BCUT2D eigenvalue weighted by atomic mass is 19.4. The van der Waals surface area contributed by atoms with Gasteiger partial charge in [0.25, 0.3) is 0 Å². The smallest absolute Gasteiger partial charge is 0.378 e. The lowest BCUT2D eigenvalue weighted by Crippen LogP contribution is -2.41. The van der Waals surface area contributed by atoms with Crippen LogP contribution in [0.4, 0.5) is 13.2 Å². The van der Waals surface area contributed by atoms with E-state index in [0.29, 0.717) is 36.5 Å². The molecule has 0 saturated heterocycles. The van der Waals surface area contributed by atoms with Crippen molar-refractivity contribution in [3.8, 4) is 0 Å². The van der Waals surface area contributed by atoms with Crippen LogP contribution in [0.15, 0.2) is 4.99 Å². The van der Waals surface area contributed by atoms with Gasteiger partial charge in [0.05, 0.1) is 6.10 Å². The molecular formula is C16H31F3N4O2. The summed E-state index contributed by atoms with van der Waals surface area (Å²) in [7, 11) is 1.11. The molecule has 1 atom stereocenters. The molecule has 0 rings (SSSR count). The van der Waals surface area contributed by atoms with Crippen molar-refractivity contribution in [3.05, 3.63) is 0 Å². The Morgan fingerprint density at radius 1 is 1.24 bits per heavy atom. The van der Waals surface area contributed by atoms with Crippen LogP contribution in [-0.4, -0.2) is 68.9 Å². The third-order valence-corrected chi connectivity index (χ3v) is 3.40. The number of nitrogens with one attached hydrogen (secondary N) is 2. The third-order valence-electron chi connectivity index (χ3n) is 3.40. The monoisotopic (exact) mass is 368 g/mol. The Morgan fingerprint density at radius 2 is 1.88 bits per heavy atom. The summed E-state index contributed by atoms with van der Waals surface area (Å²) in [4.78, 5) is 16.4. The fourth-order valence-electron chi connectivity index (χ4n) is 2.12. The fourth-order valence-corrected chi connectivity index (χ4v) is 2.12. The van der Waals surface area contributed by atoms with Crippen LogP contribution in [0.1, 0.15) is 34.1 Å². The molecule has 0 aromatic carbocycles. The van der Waals surface area contributed by atoms with Crippen LogP contribution in [0.5, 0.6) is 0 Å². The predicted octanol–water partition coefficient (Wildman–Crippen LogP) is 2.01. The Morgan fingerprint density at radius 3 is 2.36 bits per heavy atom. The van der Waals surface area contributed by atoms with Gasteiger partial charge >= 0.3 is 6.18 Å². The second kappa shape index (κ2) is 11.9.